The first-order chi connectivity index (χ1) is 20.2. The molecule has 0 bridgehead atoms. The zero-order valence-corrected chi connectivity index (χ0v) is 25.0. The Morgan fingerprint density at radius 1 is 0.810 bits per heavy atom. The van der Waals surface area contributed by atoms with Crippen molar-refractivity contribution in [1.82, 2.24) is 24.1 Å². The maximum Gasteiger partial charge on any atom is 0.135 e. The van der Waals surface area contributed by atoms with E-state index in [0.717, 1.165) is 61.8 Å². The van der Waals surface area contributed by atoms with Crippen LogP contribution in [0.25, 0.3) is 39.0 Å². The molecule has 0 atom stereocenters. The fourth-order valence-corrected chi connectivity index (χ4v) is 5.51. The minimum absolute atomic E-state index is 0. The molecule has 8 rings (SSSR count). The van der Waals surface area contributed by atoms with Gasteiger partial charge in [-0.15, -0.1) is 35.7 Å². The number of nitrogens with zero attached hydrogens (tertiary/aromatic N) is 6. The van der Waals surface area contributed by atoms with Gasteiger partial charge in [-0.3, -0.25) is 4.98 Å². The van der Waals surface area contributed by atoms with Crippen molar-refractivity contribution in [2.24, 2.45) is 0 Å². The Kier molecular flexibility index (Phi) is 6.32. The molecule has 208 valence electrons. The molecule has 3 aromatic carbocycles. The van der Waals surface area contributed by atoms with Gasteiger partial charge in [0.25, 0.3) is 0 Å². The Labute approximate surface area is 257 Å². The Morgan fingerprint density at radius 3 is 2.55 bits per heavy atom. The van der Waals surface area contributed by atoms with Crippen LogP contribution in [0.3, 0.4) is 0 Å². The number of hydrogen-bond donors (Lipinski definition) is 0. The number of rotatable bonds is 4. The summed E-state index contributed by atoms with van der Waals surface area (Å²) in [6, 6.07) is 33.1. The fourth-order valence-electron chi connectivity index (χ4n) is 5.51. The van der Waals surface area contributed by atoms with Gasteiger partial charge in [0.05, 0.1) is 11.7 Å². The summed E-state index contributed by atoms with van der Waals surface area (Å²) in [5, 5.41) is 2.14. The molecule has 0 spiro atoms. The van der Waals surface area contributed by atoms with E-state index >= 15 is 0 Å². The molecule has 0 unspecified atom stereocenters. The Bertz CT molecular complexity index is 2100. The number of pyridine rings is 2. The normalized spacial score (nSPS) is 12.0. The average molecular weight is 727 g/mol. The second-order valence-corrected chi connectivity index (χ2v) is 9.98. The number of ether oxygens (including phenoxy) is 1. The van der Waals surface area contributed by atoms with E-state index in [1.807, 2.05) is 73.8 Å². The number of imidazole rings is 1. The van der Waals surface area contributed by atoms with E-state index in [4.69, 9.17) is 9.72 Å². The zero-order chi connectivity index (χ0) is 27.5. The first kappa shape index (κ1) is 26.1. The number of anilines is 2. The second-order valence-electron chi connectivity index (χ2n) is 9.98. The van der Waals surface area contributed by atoms with Crippen molar-refractivity contribution in [2.45, 2.75) is 13.8 Å². The van der Waals surface area contributed by atoms with Crippen LogP contribution in [0, 0.1) is 32.6 Å². The van der Waals surface area contributed by atoms with Crippen molar-refractivity contribution in [3.05, 3.63) is 128 Å². The second kappa shape index (κ2) is 10.2. The van der Waals surface area contributed by atoms with E-state index in [1.165, 1.54) is 0 Å². The average Bonchev–Trinajstić information content (AvgIpc) is 3.50. The smallest absolute Gasteiger partial charge is 0.135 e. The molecule has 0 aliphatic carbocycles. The number of fused-ring (bicyclic) bond motifs is 6. The maximum absolute atomic E-state index is 6.37. The molecule has 4 aromatic heterocycles. The van der Waals surface area contributed by atoms with Crippen LogP contribution in [-0.2, 0) is 21.1 Å². The third kappa shape index (κ3) is 4.08. The van der Waals surface area contributed by atoms with Crippen molar-refractivity contribution in [3.63, 3.8) is 0 Å². The van der Waals surface area contributed by atoms with Crippen molar-refractivity contribution in [1.29, 1.82) is 0 Å². The summed E-state index contributed by atoms with van der Waals surface area (Å²) in [5.74, 6) is 2.92. The Balaban J connectivity index is 0.00000288. The zero-order valence-electron chi connectivity index (χ0n) is 22.7. The van der Waals surface area contributed by atoms with Crippen molar-refractivity contribution >= 4 is 33.2 Å². The van der Waals surface area contributed by atoms with Gasteiger partial charge in [-0.2, -0.15) is 12.1 Å². The Morgan fingerprint density at radius 2 is 1.67 bits per heavy atom. The van der Waals surface area contributed by atoms with E-state index in [1.54, 1.807) is 12.4 Å². The van der Waals surface area contributed by atoms with E-state index in [0.29, 0.717) is 11.5 Å². The van der Waals surface area contributed by atoms with Gasteiger partial charge in [-0.05, 0) is 54.5 Å². The van der Waals surface area contributed by atoms with E-state index in [-0.39, 0.29) is 21.1 Å². The minimum Gasteiger partial charge on any atom is -0.509 e. The molecular weight excluding hydrogens is 703 g/mol. The van der Waals surface area contributed by atoms with Crippen LogP contribution >= 0.6 is 0 Å². The molecule has 0 amide bonds. The number of aromatic nitrogens is 5. The van der Waals surface area contributed by atoms with Gasteiger partial charge in [-0.1, -0.05) is 48.1 Å². The summed E-state index contributed by atoms with van der Waals surface area (Å²) >= 11 is 0. The molecule has 42 heavy (non-hydrogen) atoms. The molecule has 0 N–H and O–H groups in total. The van der Waals surface area contributed by atoms with Gasteiger partial charge < -0.3 is 23.8 Å². The SMILES string of the molecule is Cc1nc2n(c1C)[CH-]N(c1[c-]c(Oc3[c-]c4c(cc3)c3ccncc3n4-c3ccccn3)ccc1)c1ccccc1-2.[Pt]. The first-order valence-electron chi connectivity index (χ1n) is 13.4. The molecule has 0 saturated carbocycles. The standard InChI is InChI=1S/C34H23N6O.Pt/c1-22-23(2)38-21-39(30-11-4-3-10-29(30)34(38)37-22)24-8-7-9-25(18-24)41-26-13-14-27-28-15-17-35-20-32(28)40(31(27)19-26)33-12-5-6-16-36-33;/h3-17,20-21H,1-2H3;/q-3;. The monoisotopic (exact) mass is 726 g/mol. The first-order valence-corrected chi connectivity index (χ1v) is 13.4. The number of para-hydroxylation sites is 1. The number of benzene rings is 3. The summed E-state index contributed by atoms with van der Waals surface area (Å²) in [6.07, 6.45) is 5.45. The predicted molar refractivity (Wildman–Crippen MR) is 160 cm³/mol. The van der Waals surface area contributed by atoms with Crippen molar-refractivity contribution in [2.75, 3.05) is 4.90 Å². The van der Waals surface area contributed by atoms with Gasteiger partial charge in [-0.25, -0.2) is 4.98 Å². The molecule has 0 radical (unpaired) electrons. The van der Waals surface area contributed by atoms with Crippen LogP contribution in [0.4, 0.5) is 11.4 Å². The Hall–Kier alpha value is -4.87. The van der Waals surface area contributed by atoms with Gasteiger partial charge in [0, 0.05) is 56.5 Å². The predicted octanol–water partition coefficient (Wildman–Crippen LogP) is 7.56. The summed E-state index contributed by atoms with van der Waals surface area (Å²) < 4.78 is 10.6. The minimum atomic E-state index is 0. The molecule has 0 fully saturated rings. The van der Waals surface area contributed by atoms with E-state index in [2.05, 4.69) is 67.9 Å². The molecule has 8 heteroatoms. The largest absolute Gasteiger partial charge is 0.509 e. The van der Waals surface area contributed by atoms with Crippen LogP contribution in [0.2, 0.25) is 0 Å². The van der Waals surface area contributed by atoms with Gasteiger partial charge in [0.2, 0.25) is 0 Å². The summed E-state index contributed by atoms with van der Waals surface area (Å²) in [4.78, 5) is 15.9. The number of hydrogen-bond acceptors (Lipinski definition) is 5. The fraction of sp³-hybridized carbons (Fsp3) is 0.0588. The molecular formula is C34H23N6OPt-3. The van der Waals surface area contributed by atoms with Crippen LogP contribution in [0.15, 0.2) is 97.5 Å². The summed E-state index contributed by atoms with van der Waals surface area (Å²) in [6.45, 7) is 6.20. The van der Waals surface area contributed by atoms with Crippen LogP contribution < -0.4 is 9.64 Å². The summed E-state index contributed by atoms with van der Waals surface area (Å²) in [7, 11) is 0. The van der Waals surface area contributed by atoms with Crippen LogP contribution in [0.5, 0.6) is 11.5 Å². The molecule has 7 aromatic rings. The third-order valence-electron chi connectivity index (χ3n) is 7.59. The van der Waals surface area contributed by atoms with Crippen LogP contribution in [0.1, 0.15) is 11.4 Å². The van der Waals surface area contributed by atoms with Crippen molar-refractivity contribution < 1.29 is 25.8 Å². The van der Waals surface area contributed by atoms with Crippen molar-refractivity contribution in [3.8, 4) is 28.7 Å². The molecule has 5 heterocycles. The van der Waals surface area contributed by atoms with Crippen LogP contribution in [-0.4, -0.2) is 24.1 Å². The molecule has 1 aliphatic heterocycles. The van der Waals surface area contributed by atoms with Gasteiger partial charge in [0.1, 0.15) is 5.82 Å². The molecule has 1 aliphatic rings. The number of aryl methyl sites for hydroxylation is 1. The maximum atomic E-state index is 6.37. The molecule has 7 nitrogen and oxygen atoms in total. The van der Waals surface area contributed by atoms with Gasteiger partial charge in [0.15, 0.2) is 0 Å². The van der Waals surface area contributed by atoms with Gasteiger partial charge >= 0.3 is 0 Å². The summed E-state index contributed by atoms with van der Waals surface area (Å²) in [5.41, 5.74) is 6.93. The topological polar surface area (TPSA) is 61.0 Å². The third-order valence-corrected chi connectivity index (χ3v) is 7.59. The van der Waals surface area contributed by atoms with E-state index in [9.17, 15) is 0 Å². The molecule has 0 saturated heterocycles. The van der Waals surface area contributed by atoms with E-state index < -0.39 is 0 Å². The quantitative estimate of drug-likeness (QED) is 0.175.